The third-order valence-corrected chi connectivity index (χ3v) is 4.10. The van der Waals surface area contributed by atoms with Gasteiger partial charge in [0, 0.05) is 44.3 Å². The average Bonchev–Trinajstić information content (AvgIpc) is 2.49. The highest BCUT2D eigenvalue weighted by atomic mass is 79.9. The third kappa shape index (κ3) is 2.73. The number of para-hydroxylation sites is 1. The van der Waals surface area contributed by atoms with Gasteiger partial charge in [-0.15, -0.1) is 0 Å². The second kappa shape index (κ2) is 5.61. The standard InChI is InChI=1S/C15H16BrN3/c16-14-12-17-7-6-15(14)19-10-8-18(9-11-19)13-4-2-1-3-5-13/h1-7,12H,8-11H2. The summed E-state index contributed by atoms with van der Waals surface area (Å²) in [6.45, 7) is 4.19. The molecule has 2 heterocycles. The molecule has 0 saturated carbocycles. The van der Waals surface area contributed by atoms with Gasteiger partial charge in [-0.1, -0.05) is 18.2 Å². The van der Waals surface area contributed by atoms with Crippen LogP contribution in [-0.4, -0.2) is 31.2 Å². The largest absolute Gasteiger partial charge is 0.368 e. The van der Waals surface area contributed by atoms with Crippen LogP contribution in [0.5, 0.6) is 0 Å². The number of hydrogen-bond acceptors (Lipinski definition) is 3. The second-order valence-corrected chi connectivity index (χ2v) is 5.49. The lowest BCUT2D eigenvalue weighted by molar-refractivity contribution is 0.652. The van der Waals surface area contributed by atoms with Gasteiger partial charge in [-0.3, -0.25) is 4.98 Å². The van der Waals surface area contributed by atoms with Crippen LogP contribution in [0.2, 0.25) is 0 Å². The van der Waals surface area contributed by atoms with Crippen molar-refractivity contribution in [2.24, 2.45) is 0 Å². The molecule has 1 fully saturated rings. The van der Waals surface area contributed by atoms with Crippen LogP contribution in [0.25, 0.3) is 0 Å². The molecule has 19 heavy (non-hydrogen) atoms. The van der Waals surface area contributed by atoms with Crippen molar-refractivity contribution < 1.29 is 0 Å². The van der Waals surface area contributed by atoms with Crippen LogP contribution < -0.4 is 9.80 Å². The Balaban J connectivity index is 1.69. The zero-order valence-corrected chi connectivity index (χ0v) is 12.3. The summed E-state index contributed by atoms with van der Waals surface area (Å²) in [5.41, 5.74) is 2.55. The number of hydrogen-bond donors (Lipinski definition) is 0. The lowest BCUT2D eigenvalue weighted by atomic mass is 10.2. The molecule has 0 bridgehead atoms. The molecular formula is C15H16BrN3. The minimum absolute atomic E-state index is 1.04. The van der Waals surface area contributed by atoms with E-state index in [2.05, 4.69) is 67.1 Å². The molecule has 1 aromatic heterocycles. The summed E-state index contributed by atoms with van der Waals surface area (Å²) >= 11 is 3.57. The van der Waals surface area contributed by atoms with Gasteiger partial charge in [0.1, 0.15) is 0 Å². The molecule has 0 N–H and O–H groups in total. The number of rotatable bonds is 2. The third-order valence-electron chi connectivity index (χ3n) is 3.49. The van der Waals surface area contributed by atoms with E-state index in [1.54, 1.807) is 0 Å². The number of anilines is 2. The van der Waals surface area contributed by atoms with Crippen molar-refractivity contribution >= 4 is 27.3 Å². The Morgan fingerprint density at radius 2 is 1.58 bits per heavy atom. The van der Waals surface area contributed by atoms with Gasteiger partial charge in [0.25, 0.3) is 0 Å². The molecule has 0 amide bonds. The highest BCUT2D eigenvalue weighted by Crippen LogP contribution is 2.26. The van der Waals surface area contributed by atoms with Crippen molar-refractivity contribution in [2.45, 2.75) is 0 Å². The summed E-state index contributed by atoms with van der Waals surface area (Å²) in [5.74, 6) is 0. The van der Waals surface area contributed by atoms with E-state index < -0.39 is 0 Å². The number of nitrogens with zero attached hydrogens (tertiary/aromatic N) is 3. The predicted molar refractivity (Wildman–Crippen MR) is 82.8 cm³/mol. The molecule has 1 saturated heterocycles. The van der Waals surface area contributed by atoms with Crippen molar-refractivity contribution in [3.05, 3.63) is 53.3 Å². The molecule has 0 spiro atoms. The Kier molecular flexibility index (Phi) is 3.69. The molecule has 1 aliphatic rings. The molecule has 3 rings (SSSR count). The topological polar surface area (TPSA) is 19.4 Å². The van der Waals surface area contributed by atoms with E-state index >= 15 is 0 Å². The first-order valence-electron chi connectivity index (χ1n) is 6.49. The zero-order chi connectivity index (χ0) is 13.1. The summed E-state index contributed by atoms with van der Waals surface area (Å²) in [5, 5.41) is 0. The maximum atomic E-state index is 4.12. The minimum atomic E-state index is 1.04. The first kappa shape index (κ1) is 12.5. The van der Waals surface area contributed by atoms with E-state index in [-0.39, 0.29) is 0 Å². The Labute approximate surface area is 122 Å². The fraction of sp³-hybridized carbons (Fsp3) is 0.267. The summed E-state index contributed by atoms with van der Waals surface area (Å²) in [4.78, 5) is 8.96. The highest BCUT2D eigenvalue weighted by Gasteiger charge is 2.18. The fourth-order valence-electron chi connectivity index (χ4n) is 2.47. The molecule has 0 radical (unpaired) electrons. The van der Waals surface area contributed by atoms with E-state index in [1.807, 2.05) is 12.4 Å². The molecular weight excluding hydrogens is 302 g/mol. The molecule has 0 unspecified atom stereocenters. The first-order valence-corrected chi connectivity index (χ1v) is 7.28. The first-order chi connectivity index (χ1) is 9.34. The number of halogens is 1. The van der Waals surface area contributed by atoms with Gasteiger partial charge in [0.2, 0.25) is 0 Å². The summed E-state index contributed by atoms with van der Waals surface area (Å²) in [7, 11) is 0. The van der Waals surface area contributed by atoms with E-state index in [4.69, 9.17) is 0 Å². The van der Waals surface area contributed by atoms with Crippen molar-refractivity contribution in [1.82, 2.24) is 4.98 Å². The molecule has 2 aromatic rings. The maximum absolute atomic E-state index is 4.12. The second-order valence-electron chi connectivity index (χ2n) is 4.64. The van der Waals surface area contributed by atoms with Crippen molar-refractivity contribution in [3.8, 4) is 0 Å². The Morgan fingerprint density at radius 3 is 2.26 bits per heavy atom. The number of pyridine rings is 1. The van der Waals surface area contributed by atoms with Crippen molar-refractivity contribution in [1.29, 1.82) is 0 Å². The Bertz CT molecular complexity index is 536. The normalized spacial score (nSPS) is 15.6. The zero-order valence-electron chi connectivity index (χ0n) is 10.7. The Morgan fingerprint density at radius 1 is 0.895 bits per heavy atom. The van der Waals surface area contributed by atoms with E-state index in [1.165, 1.54) is 11.4 Å². The summed E-state index contributed by atoms with van der Waals surface area (Å²) < 4.78 is 1.07. The number of piperazine rings is 1. The van der Waals surface area contributed by atoms with Crippen molar-refractivity contribution in [3.63, 3.8) is 0 Å². The van der Waals surface area contributed by atoms with E-state index in [0.717, 1.165) is 30.7 Å². The molecule has 1 aromatic carbocycles. The van der Waals surface area contributed by atoms with Crippen LogP contribution >= 0.6 is 15.9 Å². The predicted octanol–water partition coefficient (Wildman–Crippen LogP) is 3.17. The molecule has 0 atom stereocenters. The average molecular weight is 318 g/mol. The molecule has 3 nitrogen and oxygen atoms in total. The van der Waals surface area contributed by atoms with Gasteiger partial charge < -0.3 is 9.80 Å². The van der Waals surface area contributed by atoms with Crippen LogP contribution in [0.4, 0.5) is 11.4 Å². The van der Waals surface area contributed by atoms with Gasteiger partial charge in [-0.25, -0.2) is 0 Å². The number of aromatic nitrogens is 1. The number of benzene rings is 1. The molecule has 0 aliphatic carbocycles. The van der Waals surface area contributed by atoms with E-state index in [9.17, 15) is 0 Å². The maximum Gasteiger partial charge on any atom is 0.0592 e. The monoisotopic (exact) mass is 317 g/mol. The van der Waals surface area contributed by atoms with Gasteiger partial charge in [-0.2, -0.15) is 0 Å². The summed E-state index contributed by atoms with van der Waals surface area (Å²) in [6, 6.07) is 12.7. The quantitative estimate of drug-likeness (QED) is 0.848. The van der Waals surface area contributed by atoms with E-state index in [0.29, 0.717) is 0 Å². The van der Waals surface area contributed by atoms with Crippen LogP contribution in [0.15, 0.2) is 53.3 Å². The lowest BCUT2D eigenvalue weighted by Gasteiger charge is -2.37. The minimum Gasteiger partial charge on any atom is -0.368 e. The van der Waals surface area contributed by atoms with Crippen molar-refractivity contribution in [2.75, 3.05) is 36.0 Å². The Hall–Kier alpha value is -1.55. The van der Waals surface area contributed by atoms with Crippen LogP contribution in [-0.2, 0) is 0 Å². The molecule has 98 valence electrons. The fourth-order valence-corrected chi connectivity index (χ4v) is 2.97. The van der Waals surface area contributed by atoms with Gasteiger partial charge in [-0.05, 0) is 34.1 Å². The van der Waals surface area contributed by atoms with Crippen LogP contribution in [0.3, 0.4) is 0 Å². The van der Waals surface area contributed by atoms with Crippen LogP contribution in [0.1, 0.15) is 0 Å². The highest BCUT2D eigenvalue weighted by molar-refractivity contribution is 9.10. The van der Waals surface area contributed by atoms with Gasteiger partial charge >= 0.3 is 0 Å². The summed E-state index contributed by atoms with van der Waals surface area (Å²) in [6.07, 6.45) is 3.71. The lowest BCUT2D eigenvalue weighted by Crippen LogP contribution is -2.46. The SMILES string of the molecule is Brc1cnccc1N1CCN(c2ccccc2)CC1. The smallest absolute Gasteiger partial charge is 0.0592 e. The van der Waals surface area contributed by atoms with Gasteiger partial charge in [0.15, 0.2) is 0 Å². The van der Waals surface area contributed by atoms with Gasteiger partial charge in [0.05, 0.1) is 10.2 Å². The molecule has 1 aliphatic heterocycles. The van der Waals surface area contributed by atoms with Crippen LogP contribution in [0, 0.1) is 0 Å². The molecule has 4 heteroatoms.